The van der Waals surface area contributed by atoms with Crippen molar-refractivity contribution in [1.82, 2.24) is 31.1 Å². The number of nitrogens with one attached hydrogen (secondary N) is 4. The number of esters is 1. The normalized spacial score (nSPS) is 14.4. The van der Waals surface area contributed by atoms with Gasteiger partial charge < -0.3 is 51.4 Å². The number of nitrogens with two attached hydrogens (primary N) is 1. The van der Waals surface area contributed by atoms with Gasteiger partial charge in [0.25, 0.3) is 0 Å². The molecule has 4 rings (SSSR count). The van der Waals surface area contributed by atoms with Crippen LogP contribution in [0.5, 0.6) is 0 Å². The van der Waals surface area contributed by atoms with Gasteiger partial charge in [0.1, 0.15) is 42.9 Å². The maximum atomic E-state index is 14.4. The van der Waals surface area contributed by atoms with Gasteiger partial charge in [0.2, 0.25) is 41.4 Å². The fraction of sp³-hybridized carbons (Fsp3) is 0.448. The van der Waals surface area contributed by atoms with E-state index in [1.54, 1.807) is 51.1 Å². The number of nitrogens with zero attached hydrogens (tertiary/aromatic N) is 2. The summed E-state index contributed by atoms with van der Waals surface area (Å²) >= 11 is 0. The van der Waals surface area contributed by atoms with Gasteiger partial charge in [-0.05, 0) is 67.2 Å². The Morgan fingerprint density at radius 1 is 0.579 bits per heavy atom. The van der Waals surface area contributed by atoms with Crippen molar-refractivity contribution in [3.05, 3.63) is 144 Å². The highest BCUT2D eigenvalue weighted by atomic mass is 16.5. The van der Waals surface area contributed by atoms with Gasteiger partial charge in [0.05, 0.1) is 25.2 Å². The standard InChI is InChI=1S/C58H77N7O11/c1-37(2)31-46(54(70)60-39(5)56(72)65(8)48(33-42-23-15-10-16-24-42)58(74)76-36-44-27-19-12-20-28-44)61-51(68)34-49(66)45(32-41-21-13-9-14-22-41)62-55(71)47(29-30-50(59)67)64(7)57(73)52(38(3)4)63-53(69)40(6)75-35-43-25-17-11-18-26-43/h9-28,37-40,45-49,52,66H,29-36H2,1-8H3,(H2,59,67)(H,60,70)(H,61,68)(H,62,71)(H,63,69)/t39-,40-,45-,46-,47-,48+,49-,52-/m0/s1. The first-order valence-electron chi connectivity index (χ1n) is 25.8. The Morgan fingerprint density at radius 3 is 1.59 bits per heavy atom. The minimum absolute atomic E-state index is 0.00641. The second-order valence-electron chi connectivity index (χ2n) is 19.9. The molecule has 76 heavy (non-hydrogen) atoms. The molecule has 410 valence electrons. The van der Waals surface area contributed by atoms with Gasteiger partial charge >= 0.3 is 5.97 Å². The number of likely N-dealkylation sites (N-methyl/N-ethyl adjacent to an activating group) is 2. The molecule has 0 aliphatic heterocycles. The predicted octanol–water partition coefficient (Wildman–Crippen LogP) is 4.15. The molecule has 0 unspecified atom stereocenters. The van der Waals surface area contributed by atoms with Gasteiger partial charge in [-0.25, -0.2) is 4.79 Å². The van der Waals surface area contributed by atoms with Crippen molar-refractivity contribution < 1.29 is 52.9 Å². The Labute approximate surface area is 446 Å². The first kappa shape index (κ1) is 61.1. The van der Waals surface area contributed by atoms with Gasteiger partial charge in [-0.3, -0.25) is 33.6 Å². The van der Waals surface area contributed by atoms with Crippen molar-refractivity contribution in [2.75, 3.05) is 14.1 Å². The van der Waals surface area contributed by atoms with Gasteiger partial charge in [-0.1, -0.05) is 149 Å². The van der Waals surface area contributed by atoms with Gasteiger partial charge in [0.15, 0.2) is 0 Å². The van der Waals surface area contributed by atoms with Crippen LogP contribution in [0.1, 0.15) is 89.5 Å². The highest BCUT2D eigenvalue weighted by Gasteiger charge is 2.37. The van der Waals surface area contributed by atoms with Crippen molar-refractivity contribution in [3.8, 4) is 0 Å². The number of carbonyl (C=O) groups is 8. The zero-order valence-corrected chi connectivity index (χ0v) is 45.0. The molecule has 0 aliphatic carbocycles. The maximum absolute atomic E-state index is 14.4. The summed E-state index contributed by atoms with van der Waals surface area (Å²) < 4.78 is 11.4. The van der Waals surface area contributed by atoms with Crippen LogP contribution in [0.2, 0.25) is 0 Å². The topological polar surface area (TPSA) is 256 Å². The van der Waals surface area contributed by atoms with E-state index in [0.29, 0.717) is 5.56 Å². The highest BCUT2D eigenvalue weighted by Crippen LogP contribution is 2.18. The highest BCUT2D eigenvalue weighted by molar-refractivity contribution is 5.94. The summed E-state index contributed by atoms with van der Waals surface area (Å²) in [4.78, 5) is 112. The molecule has 7 N–H and O–H groups in total. The first-order valence-corrected chi connectivity index (χ1v) is 25.8. The summed E-state index contributed by atoms with van der Waals surface area (Å²) in [6.45, 7) is 10.3. The molecule has 0 fully saturated rings. The van der Waals surface area contributed by atoms with E-state index in [0.717, 1.165) is 21.6 Å². The Kier molecular flexibility index (Phi) is 24.8. The van der Waals surface area contributed by atoms with Crippen molar-refractivity contribution in [3.63, 3.8) is 0 Å². The van der Waals surface area contributed by atoms with Crippen LogP contribution >= 0.6 is 0 Å². The number of aliphatic hydroxyl groups excluding tert-OH is 1. The summed E-state index contributed by atoms with van der Waals surface area (Å²) in [5.41, 5.74) is 8.62. The summed E-state index contributed by atoms with van der Waals surface area (Å²) in [5, 5.41) is 22.8. The van der Waals surface area contributed by atoms with Gasteiger partial charge in [-0.2, -0.15) is 0 Å². The lowest BCUT2D eigenvalue weighted by atomic mass is 9.96. The molecule has 0 saturated heterocycles. The fourth-order valence-corrected chi connectivity index (χ4v) is 8.40. The number of amides is 7. The van der Waals surface area contributed by atoms with E-state index in [2.05, 4.69) is 21.3 Å². The molecule has 0 spiro atoms. The quantitative estimate of drug-likeness (QED) is 0.0405. The van der Waals surface area contributed by atoms with Crippen LogP contribution < -0.4 is 27.0 Å². The van der Waals surface area contributed by atoms with Gasteiger partial charge in [0, 0.05) is 26.9 Å². The van der Waals surface area contributed by atoms with Crippen molar-refractivity contribution in [2.24, 2.45) is 17.6 Å². The Bertz CT molecular complexity index is 2500. The van der Waals surface area contributed by atoms with Crippen LogP contribution in [-0.4, -0.2) is 125 Å². The number of primary amides is 1. The number of benzene rings is 4. The Hall–Kier alpha value is -7.44. The van der Waals surface area contributed by atoms with Crippen LogP contribution in [0.3, 0.4) is 0 Å². The molecule has 0 saturated carbocycles. The molecule has 18 heteroatoms. The second-order valence-corrected chi connectivity index (χ2v) is 19.9. The number of ether oxygens (including phenoxy) is 2. The molecule has 4 aromatic carbocycles. The fourth-order valence-electron chi connectivity index (χ4n) is 8.40. The van der Waals surface area contributed by atoms with E-state index in [-0.39, 0.29) is 51.2 Å². The summed E-state index contributed by atoms with van der Waals surface area (Å²) in [6, 6.07) is 29.5. The van der Waals surface area contributed by atoms with Gasteiger partial charge in [-0.15, -0.1) is 0 Å². The lowest BCUT2D eigenvalue weighted by Crippen LogP contribution is -2.59. The molecule has 0 aliphatic rings. The van der Waals surface area contributed by atoms with Crippen LogP contribution in [0.4, 0.5) is 0 Å². The number of rotatable bonds is 30. The van der Waals surface area contributed by atoms with Crippen molar-refractivity contribution >= 4 is 47.3 Å². The Morgan fingerprint density at radius 2 is 1.08 bits per heavy atom. The van der Waals surface area contributed by atoms with E-state index >= 15 is 0 Å². The molecular weight excluding hydrogens is 971 g/mol. The second kappa shape index (κ2) is 30.8. The molecule has 0 aromatic heterocycles. The lowest BCUT2D eigenvalue weighted by Gasteiger charge is -2.34. The largest absolute Gasteiger partial charge is 0.459 e. The van der Waals surface area contributed by atoms with Crippen molar-refractivity contribution in [1.29, 1.82) is 0 Å². The molecule has 8 atom stereocenters. The molecule has 0 radical (unpaired) electrons. The van der Waals surface area contributed by atoms with Crippen LogP contribution in [0.25, 0.3) is 0 Å². The lowest BCUT2D eigenvalue weighted by molar-refractivity contribution is -0.156. The van der Waals surface area contributed by atoms with Crippen LogP contribution in [-0.2, 0) is 73.9 Å². The summed E-state index contributed by atoms with van der Waals surface area (Å²) in [7, 11) is 2.84. The number of aliphatic hydroxyl groups is 1. The molecular formula is C58H77N7O11. The number of hydrogen-bond donors (Lipinski definition) is 6. The van der Waals surface area contributed by atoms with Crippen LogP contribution in [0.15, 0.2) is 121 Å². The minimum Gasteiger partial charge on any atom is -0.459 e. The summed E-state index contributed by atoms with van der Waals surface area (Å²) in [6.07, 6.45) is -3.25. The first-order chi connectivity index (χ1) is 36.1. The molecule has 18 nitrogen and oxygen atoms in total. The smallest absolute Gasteiger partial charge is 0.329 e. The predicted molar refractivity (Wildman–Crippen MR) is 287 cm³/mol. The van der Waals surface area contributed by atoms with E-state index < -0.39 is 108 Å². The van der Waals surface area contributed by atoms with Crippen molar-refractivity contribution in [2.45, 2.75) is 142 Å². The van der Waals surface area contributed by atoms with Crippen LogP contribution in [0, 0.1) is 11.8 Å². The average molecular weight is 1050 g/mol. The zero-order chi connectivity index (χ0) is 55.9. The maximum Gasteiger partial charge on any atom is 0.329 e. The molecule has 0 bridgehead atoms. The van der Waals surface area contributed by atoms with E-state index in [1.165, 1.54) is 25.9 Å². The third-order valence-corrected chi connectivity index (χ3v) is 12.9. The monoisotopic (exact) mass is 1050 g/mol. The van der Waals surface area contributed by atoms with E-state index in [9.17, 15) is 43.5 Å². The average Bonchev–Trinajstić information content (AvgIpc) is 3.39. The number of carbonyl (C=O) groups excluding carboxylic acids is 8. The third-order valence-electron chi connectivity index (χ3n) is 12.9. The number of hydrogen-bond acceptors (Lipinski definition) is 11. The summed E-state index contributed by atoms with van der Waals surface area (Å²) in [5.74, 6) is -5.88. The third kappa shape index (κ3) is 20.0. The van der Waals surface area contributed by atoms with E-state index in [1.807, 2.05) is 105 Å². The molecule has 4 aromatic rings. The zero-order valence-electron chi connectivity index (χ0n) is 45.0. The molecule has 7 amide bonds. The molecule has 0 heterocycles. The van der Waals surface area contributed by atoms with E-state index in [4.69, 9.17) is 15.2 Å². The SMILES string of the molecule is CC(C)C[C@H](NC(=O)C[C@H](O)[C@H](Cc1ccccc1)NC(=O)[C@H](CCC(N)=O)N(C)C(=O)[C@@H](NC(=O)[C@H](C)OCc1ccccc1)C(C)C)C(=O)N[C@@H](C)C(=O)N(C)[C@H](Cc1ccccc1)C(=O)OCc1ccccc1. The Balaban J connectivity index is 1.48. The minimum atomic E-state index is -1.55.